The second-order valence-corrected chi connectivity index (χ2v) is 19.1. The minimum absolute atomic E-state index is 0.00726. The topological polar surface area (TPSA) is 249 Å². The number of amides is 1. The predicted molar refractivity (Wildman–Crippen MR) is 284 cm³/mol. The summed E-state index contributed by atoms with van der Waals surface area (Å²) >= 11 is 13.4. The van der Waals surface area contributed by atoms with Crippen LogP contribution in [0, 0.1) is 20.8 Å². The van der Waals surface area contributed by atoms with Crippen molar-refractivity contribution in [1.29, 1.82) is 0 Å². The maximum absolute atomic E-state index is 13.3. The zero-order chi connectivity index (χ0) is 54.7. The molecule has 76 heavy (non-hydrogen) atoms. The third kappa shape index (κ3) is 14.1. The first-order chi connectivity index (χ1) is 36.3. The Morgan fingerprint density at radius 3 is 2.13 bits per heavy atom. The molecule has 0 bridgehead atoms. The number of nitrogens with zero attached hydrogens (tertiary/aromatic N) is 4. The SMILES string of the molecule is Cc1sc2c(c1C)C(c1ccc(Cl)cc1)=N[C@@H](CC(=O)NCCCOCCOCCOCCCNC(=S)Nc1ccc(-c3c4ccc(=O)cc-4oc4cc(O)ccc34)c(C(=O)O)c1)c1nnc(C)n1-2.O=C(O)C(F)(F)F. The molecule has 1 amide bonds. The van der Waals surface area contributed by atoms with E-state index in [1.54, 1.807) is 35.6 Å². The maximum Gasteiger partial charge on any atom is 0.490 e. The number of carboxylic acid groups (broad SMARTS) is 2. The van der Waals surface area contributed by atoms with E-state index in [4.69, 9.17) is 57.3 Å². The second-order valence-electron chi connectivity index (χ2n) is 17.1. The van der Waals surface area contributed by atoms with Crippen LogP contribution >= 0.6 is 35.2 Å². The molecule has 0 unspecified atom stereocenters. The van der Waals surface area contributed by atoms with E-state index in [1.165, 1.54) is 35.2 Å². The van der Waals surface area contributed by atoms with Gasteiger partial charge in [0, 0.05) is 81.7 Å². The van der Waals surface area contributed by atoms with Crippen LogP contribution in [-0.4, -0.2) is 118 Å². The number of alkyl halides is 3. The molecule has 18 nitrogen and oxygen atoms in total. The zero-order valence-corrected chi connectivity index (χ0v) is 43.5. The first-order valence-electron chi connectivity index (χ1n) is 23.6. The highest BCUT2D eigenvalue weighted by atomic mass is 35.5. The molecule has 0 fully saturated rings. The molecule has 1 atom stereocenters. The number of hydrogen-bond donors (Lipinski definition) is 6. The molecule has 3 aliphatic rings. The highest BCUT2D eigenvalue weighted by Gasteiger charge is 2.38. The highest BCUT2D eigenvalue weighted by molar-refractivity contribution is 7.80. The minimum atomic E-state index is -5.08. The zero-order valence-electron chi connectivity index (χ0n) is 41.1. The Morgan fingerprint density at radius 1 is 0.829 bits per heavy atom. The monoisotopic (exact) mass is 1110 g/mol. The van der Waals surface area contributed by atoms with Crippen LogP contribution in [0.5, 0.6) is 5.75 Å². The van der Waals surface area contributed by atoms with Crippen molar-refractivity contribution in [3.05, 3.63) is 133 Å². The summed E-state index contributed by atoms with van der Waals surface area (Å²) < 4.78 is 56.7. The first kappa shape index (κ1) is 56.4. The number of aryl methyl sites for hydroxylation is 2. The van der Waals surface area contributed by atoms with Crippen molar-refractivity contribution in [2.24, 2.45) is 4.99 Å². The number of carbonyl (C=O) groups is 3. The summed E-state index contributed by atoms with van der Waals surface area (Å²) in [5.74, 6) is -2.45. The number of aliphatic carboxylic acids is 1. The average molecular weight is 1110 g/mol. The third-order valence-electron chi connectivity index (χ3n) is 11.7. The fraction of sp³-hybridized carbons (Fsp3) is 0.308. The van der Waals surface area contributed by atoms with Crippen molar-refractivity contribution in [2.75, 3.05) is 58.0 Å². The number of aromatic hydroxyl groups is 1. The Morgan fingerprint density at radius 2 is 1.47 bits per heavy atom. The molecule has 3 aromatic carbocycles. The summed E-state index contributed by atoms with van der Waals surface area (Å²) in [7, 11) is 0. The van der Waals surface area contributed by atoms with Gasteiger partial charge in [-0.05, 0) is 105 Å². The van der Waals surface area contributed by atoms with E-state index in [0.717, 1.165) is 33.2 Å². The van der Waals surface area contributed by atoms with Crippen molar-refractivity contribution in [2.45, 2.75) is 52.3 Å². The number of phenols is 1. The number of rotatable bonds is 20. The summed E-state index contributed by atoms with van der Waals surface area (Å²) in [6.45, 7) is 9.63. The van der Waals surface area contributed by atoms with Gasteiger partial charge in [0.15, 0.2) is 16.4 Å². The molecule has 5 aromatic rings. The van der Waals surface area contributed by atoms with E-state index >= 15 is 0 Å². The average Bonchev–Trinajstić information content (AvgIpc) is 3.91. The van der Waals surface area contributed by atoms with E-state index in [1.807, 2.05) is 35.8 Å². The first-order valence-corrected chi connectivity index (χ1v) is 25.2. The van der Waals surface area contributed by atoms with Crippen LogP contribution < -0.4 is 21.4 Å². The molecule has 0 saturated carbocycles. The molecule has 2 aromatic heterocycles. The number of aromatic carboxylic acids is 1. The number of thiocarbonyl (C=S) groups is 1. The molecule has 8 rings (SSSR count). The van der Waals surface area contributed by atoms with Gasteiger partial charge in [-0.3, -0.25) is 19.1 Å². The van der Waals surface area contributed by atoms with Gasteiger partial charge in [-0.25, -0.2) is 9.59 Å². The van der Waals surface area contributed by atoms with Crippen LogP contribution in [0.1, 0.15) is 68.9 Å². The number of aliphatic imine (C=N–C) groups is 1. The van der Waals surface area contributed by atoms with E-state index in [2.05, 4.69) is 40.0 Å². The lowest BCUT2D eigenvalue weighted by atomic mass is 9.90. The molecular weight excluding hydrogens is 1060 g/mol. The fourth-order valence-corrected chi connectivity index (χ4v) is 9.60. The maximum atomic E-state index is 13.3. The summed E-state index contributed by atoms with van der Waals surface area (Å²) in [6, 6.07) is 20.8. The number of ether oxygens (including phenoxy) is 3. The molecular formula is C52H51ClF3N7O11S2. The molecule has 0 spiro atoms. The Kier molecular flexibility index (Phi) is 18.9. The minimum Gasteiger partial charge on any atom is -0.508 e. The molecule has 2 aliphatic heterocycles. The Hall–Kier alpha value is -7.28. The molecule has 1 aliphatic carbocycles. The van der Waals surface area contributed by atoms with Gasteiger partial charge >= 0.3 is 18.1 Å². The molecule has 0 radical (unpaired) electrons. The summed E-state index contributed by atoms with van der Waals surface area (Å²) in [6.07, 6.45) is -3.68. The number of benzene rings is 4. The number of carbonyl (C=O) groups excluding carboxylic acids is 1. The van der Waals surface area contributed by atoms with Crippen LogP contribution in [-0.2, 0) is 23.8 Å². The standard InChI is InChI=1S/C50H50ClN7O9S2.C2HF3O2/c1-28-29(2)69-48-44(28)46(31-6-8-32(51)9-7-31)55-40(47-57-56-30(3)58(47)48)27-43(61)52-16-4-18-64-20-22-66-23-21-65-19-5-17-53-50(68)54-33-10-13-36(39(24-33)49(62)63)45-37-14-11-34(59)25-41(37)67-42-26-35(60)12-15-38(42)45;3-2(4,5)1(6)7/h6-15,24-26,40,59H,4-5,16-23,27H2,1-3H3,(H,52,61)(H,62,63)(H2,53,54,68);(H,6,7)/t40-;/m0./s1. The van der Waals surface area contributed by atoms with Crippen LogP contribution in [0.2, 0.25) is 5.02 Å². The number of aromatic nitrogens is 3. The largest absolute Gasteiger partial charge is 0.508 e. The van der Waals surface area contributed by atoms with Crippen molar-refractivity contribution in [1.82, 2.24) is 25.4 Å². The summed E-state index contributed by atoms with van der Waals surface area (Å²) in [5, 5.41) is 48.0. The van der Waals surface area contributed by atoms with Gasteiger partial charge in [0.2, 0.25) is 5.91 Å². The van der Waals surface area contributed by atoms with E-state index in [0.29, 0.717) is 115 Å². The summed E-state index contributed by atoms with van der Waals surface area (Å²) in [5.41, 5.74) is 5.89. The summed E-state index contributed by atoms with van der Waals surface area (Å²) in [4.78, 5) is 53.2. The lowest BCUT2D eigenvalue weighted by molar-refractivity contribution is -0.192. The Bertz CT molecular complexity index is 3310. The van der Waals surface area contributed by atoms with E-state index < -0.39 is 24.2 Å². The van der Waals surface area contributed by atoms with E-state index in [9.17, 15) is 37.8 Å². The Balaban J connectivity index is 0.00000112. The van der Waals surface area contributed by atoms with Gasteiger partial charge in [0.05, 0.1) is 44.1 Å². The number of hydrogen-bond acceptors (Lipinski definition) is 14. The highest BCUT2D eigenvalue weighted by Crippen LogP contribution is 2.43. The molecule has 400 valence electrons. The number of halogens is 4. The van der Waals surface area contributed by atoms with Gasteiger partial charge in [0.25, 0.3) is 0 Å². The van der Waals surface area contributed by atoms with Crippen molar-refractivity contribution in [3.8, 4) is 33.2 Å². The lowest BCUT2D eigenvalue weighted by Crippen LogP contribution is -2.30. The number of anilines is 1. The van der Waals surface area contributed by atoms with Crippen LogP contribution in [0.4, 0.5) is 18.9 Å². The van der Waals surface area contributed by atoms with Gasteiger partial charge in [-0.1, -0.05) is 29.8 Å². The number of nitrogens with one attached hydrogen (secondary N) is 3. The number of phenolic OH excluding ortho intramolecular Hbond substituents is 1. The van der Waals surface area contributed by atoms with E-state index in [-0.39, 0.29) is 34.8 Å². The van der Waals surface area contributed by atoms with Crippen LogP contribution in [0.25, 0.3) is 38.4 Å². The number of thiophene rings is 1. The van der Waals surface area contributed by atoms with Gasteiger partial charge in [-0.2, -0.15) is 13.2 Å². The van der Waals surface area contributed by atoms with Gasteiger partial charge < -0.3 is 49.9 Å². The van der Waals surface area contributed by atoms with Gasteiger partial charge in [0.1, 0.15) is 34.0 Å². The van der Waals surface area contributed by atoms with Crippen molar-refractivity contribution >= 4 is 80.5 Å². The fourth-order valence-electron chi connectivity index (χ4n) is 8.04. The second kappa shape index (κ2) is 25.5. The normalized spacial score (nSPS) is 13.0. The van der Waals surface area contributed by atoms with Crippen LogP contribution in [0.15, 0.2) is 93.1 Å². The van der Waals surface area contributed by atoms with Gasteiger partial charge in [-0.15, -0.1) is 21.5 Å². The predicted octanol–water partition coefficient (Wildman–Crippen LogP) is 9.04. The number of fused-ring (bicyclic) bond motifs is 5. The molecule has 0 saturated heterocycles. The Labute approximate surface area is 446 Å². The van der Waals surface area contributed by atoms with Crippen LogP contribution in [0.3, 0.4) is 0 Å². The quantitative estimate of drug-likeness (QED) is 0.0237. The smallest absolute Gasteiger partial charge is 0.490 e. The number of carboxylic acids is 2. The molecule has 24 heteroatoms. The lowest BCUT2D eigenvalue weighted by Gasteiger charge is -2.18. The molecule has 4 heterocycles. The third-order valence-corrected chi connectivity index (χ3v) is 13.4. The van der Waals surface area contributed by atoms with Crippen molar-refractivity contribution < 1.29 is 61.5 Å². The molecule has 6 N–H and O–H groups in total. The van der Waals surface area contributed by atoms with Crippen molar-refractivity contribution in [3.63, 3.8) is 0 Å².